The maximum Gasteiger partial charge on any atom is 0.407 e. The predicted molar refractivity (Wildman–Crippen MR) is 79.9 cm³/mol. The number of hydrogen-bond acceptors (Lipinski definition) is 5. The molecule has 1 aromatic rings. The third kappa shape index (κ3) is 7.67. The van der Waals surface area contributed by atoms with E-state index in [9.17, 15) is 4.79 Å². The van der Waals surface area contributed by atoms with E-state index in [0.717, 1.165) is 5.56 Å². The molecule has 0 fully saturated rings. The zero-order valence-electron chi connectivity index (χ0n) is 13.2. The number of ether oxygens (including phenoxy) is 1. The highest BCUT2D eigenvalue weighted by Crippen LogP contribution is 2.06. The number of nitrogens with one attached hydrogen (secondary N) is 2. The second kappa shape index (κ2) is 7.99. The Hall–Kier alpha value is -1.60. The van der Waals surface area contributed by atoms with Crippen LogP contribution < -0.4 is 10.6 Å². The first-order valence-electron chi connectivity index (χ1n) is 7.12. The Labute approximate surface area is 125 Å². The number of aliphatic hydroxyl groups excluding tert-OH is 1. The molecule has 21 heavy (non-hydrogen) atoms. The molecule has 0 spiro atoms. The Morgan fingerprint density at radius 2 is 2.24 bits per heavy atom. The molecule has 1 aromatic heterocycles. The summed E-state index contributed by atoms with van der Waals surface area (Å²) in [7, 11) is 0. The van der Waals surface area contributed by atoms with Gasteiger partial charge in [0.05, 0.1) is 19.3 Å². The maximum absolute atomic E-state index is 11.6. The van der Waals surface area contributed by atoms with Gasteiger partial charge < -0.3 is 20.5 Å². The second-order valence-electron chi connectivity index (χ2n) is 6.01. The van der Waals surface area contributed by atoms with Crippen molar-refractivity contribution in [3.63, 3.8) is 0 Å². The summed E-state index contributed by atoms with van der Waals surface area (Å²) in [6.45, 7) is 9.27. The number of alkyl carbamates (subject to hydrolysis) is 1. The average molecular weight is 298 g/mol. The number of rotatable bonds is 7. The molecule has 7 heteroatoms. The number of carbonyl (C=O) groups excluding carboxylic acids is 1. The van der Waals surface area contributed by atoms with E-state index in [1.165, 1.54) is 0 Å². The van der Waals surface area contributed by atoms with Crippen molar-refractivity contribution in [3.8, 4) is 0 Å². The Morgan fingerprint density at radius 1 is 1.52 bits per heavy atom. The van der Waals surface area contributed by atoms with E-state index >= 15 is 0 Å². The van der Waals surface area contributed by atoms with Gasteiger partial charge in [-0.15, -0.1) is 0 Å². The van der Waals surface area contributed by atoms with Crippen molar-refractivity contribution >= 4 is 6.09 Å². The maximum atomic E-state index is 11.6. The van der Waals surface area contributed by atoms with Crippen LogP contribution in [0.3, 0.4) is 0 Å². The summed E-state index contributed by atoms with van der Waals surface area (Å²) in [6.07, 6.45) is 3.23. The molecule has 1 heterocycles. The van der Waals surface area contributed by atoms with Crippen LogP contribution in [-0.2, 0) is 17.8 Å². The number of nitrogens with zero attached hydrogens (tertiary/aromatic N) is 2. The molecule has 0 bridgehead atoms. The molecule has 0 aliphatic rings. The van der Waals surface area contributed by atoms with Crippen molar-refractivity contribution in [2.75, 3.05) is 13.2 Å². The SMILES string of the molecule is CC(CNCc1cnn(CCO)c1)NC(=O)OC(C)(C)C. The first-order valence-corrected chi connectivity index (χ1v) is 7.12. The smallest absolute Gasteiger partial charge is 0.407 e. The van der Waals surface area contributed by atoms with Gasteiger partial charge in [0.2, 0.25) is 0 Å². The molecule has 0 saturated heterocycles. The zero-order chi connectivity index (χ0) is 15.9. The van der Waals surface area contributed by atoms with Crippen LogP contribution in [0.15, 0.2) is 12.4 Å². The van der Waals surface area contributed by atoms with E-state index in [1.54, 1.807) is 10.9 Å². The Bertz CT molecular complexity index is 440. The second-order valence-corrected chi connectivity index (χ2v) is 6.01. The van der Waals surface area contributed by atoms with Crippen LogP contribution in [0.25, 0.3) is 0 Å². The van der Waals surface area contributed by atoms with E-state index in [2.05, 4.69) is 15.7 Å². The third-order valence-corrected chi connectivity index (χ3v) is 2.56. The van der Waals surface area contributed by atoms with Crippen molar-refractivity contribution in [1.82, 2.24) is 20.4 Å². The molecule has 120 valence electrons. The van der Waals surface area contributed by atoms with E-state index < -0.39 is 11.7 Å². The summed E-state index contributed by atoms with van der Waals surface area (Å²) in [5.74, 6) is 0. The highest BCUT2D eigenvalue weighted by atomic mass is 16.6. The number of carbonyl (C=O) groups is 1. The fraction of sp³-hybridized carbons (Fsp3) is 0.714. The number of aromatic nitrogens is 2. The Kier molecular flexibility index (Phi) is 6.64. The Balaban J connectivity index is 2.23. The highest BCUT2D eigenvalue weighted by molar-refractivity contribution is 5.68. The minimum absolute atomic E-state index is 0.0349. The summed E-state index contributed by atoms with van der Waals surface area (Å²) in [5, 5.41) is 18.9. The number of aliphatic hydroxyl groups is 1. The van der Waals surface area contributed by atoms with Crippen molar-refractivity contribution in [1.29, 1.82) is 0 Å². The van der Waals surface area contributed by atoms with Crippen molar-refractivity contribution in [2.45, 2.75) is 52.4 Å². The fourth-order valence-corrected chi connectivity index (χ4v) is 1.72. The van der Waals surface area contributed by atoms with Crippen LogP contribution in [0, 0.1) is 0 Å². The van der Waals surface area contributed by atoms with Gasteiger partial charge in [0.15, 0.2) is 0 Å². The molecule has 1 rings (SSSR count). The van der Waals surface area contributed by atoms with E-state index in [4.69, 9.17) is 9.84 Å². The van der Waals surface area contributed by atoms with Crippen LogP contribution in [0.2, 0.25) is 0 Å². The summed E-state index contributed by atoms with van der Waals surface area (Å²) in [4.78, 5) is 11.6. The Morgan fingerprint density at radius 3 is 2.86 bits per heavy atom. The zero-order valence-corrected chi connectivity index (χ0v) is 13.2. The number of hydrogen-bond donors (Lipinski definition) is 3. The lowest BCUT2D eigenvalue weighted by atomic mass is 10.2. The minimum Gasteiger partial charge on any atom is -0.444 e. The molecular formula is C14H26N4O3. The predicted octanol–water partition coefficient (Wildman–Crippen LogP) is 0.878. The van der Waals surface area contributed by atoms with Gasteiger partial charge in [-0.1, -0.05) is 0 Å². The summed E-state index contributed by atoms with van der Waals surface area (Å²) in [6, 6.07) is -0.0349. The molecular weight excluding hydrogens is 272 g/mol. The summed E-state index contributed by atoms with van der Waals surface area (Å²) >= 11 is 0. The fourth-order valence-electron chi connectivity index (χ4n) is 1.72. The van der Waals surface area contributed by atoms with Crippen molar-refractivity contribution in [2.24, 2.45) is 0 Å². The van der Waals surface area contributed by atoms with Gasteiger partial charge in [-0.3, -0.25) is 4.68 Å². The summed E-state index contributed by atoms with van der Waals surface area (Å²) in [5.41, 5.74) is 0.548. The largest absolute Gasteiger partial charge is 0.444 e. The molecule has 7 nitrogen and oxygen atoms in total. The van der Waals surface area contributed by atoms with Crippen molar-refractivity contribution in [3.05, 3.63) is 18.0 Å². The molecule has 0 aromatic carbocycles. The standard InChI is InChI=1S/C14H26N4O3/c1-11(17-13(20)21-14(2,3)4)7-15-8-12-9-16-18(10-12)5-6-19/h9-11,15,19H,5-8H2,1-4H3,(H,17,20). The van der Waals surface area contributed by atoms with Gasteiger partial charge in [-0.2, -0.15) is 5.10 Å². The van der Waals surface area contributed by atoms with Crippen LogP contribution in [0.1, 0.15) is 33.3 Å². The van der Waals surface area contributed by atoms with E-state index in [1.807, 2.05) is 33.9 Å². The van der Waals surface area contributed by atoms with Gasteiger partial charge >= 0.3 is 6.09 Å². The summed E-state index contributed by atoms with van der Waals surface area (Å²) < 4.78 is 6.88. The molecule has 1 amide bonds. The van der Waals surface area contributed by atoms with Crippen LogP contribution in [-0.4, -0.2) is 45.8 Å². The lowest BCUT2D eigenvalue weighted by Gasteiger charge is -2.22. The molecule has 1 atom stereocenters. The van der Waals surface area contributed by atoms with E-state index in [0.29, 0.717) is 19.6 Å². The van der Waals surface area contributed by atoms with Crippen LogP contribution in [0.4, 0.5) is 4.79 Å². The molecule has 0 radical (unpaired) electrons. The first-order chi connectivity index (χ1) is 9.80. The molecule has 0 aliphatic heterocycles. The lowest BCUT2D eigenvalue weighted by molar-refractivity contribution is 0.0508. The van der Waals surface area contributed by atoms with Crippen molar-refractivity contribution < 1.29 is 14.6 Å². The number of amides is 1. The van der Waals surface area contributed by atoms with Gasteiger partial charge in [0.1, 0.15) is 5.60 Å². The topological polar surface area (TPSA) is 88.4 Å². The molecule has 1 unspecified atom stereocenters. The van der Waals surface area contributed by atoms with Gasteiger partial charge in [-0.25, -0.2) is 4.79 Å². The first kappa shape index (κ1) is 17.5. The molecule has 0 saturated carbocycles. The van der Waals surface area contributed by atoms with Crippen LogP contribution in [0.5, 0.6) is 0 Å². The quantitative estimate of drug-likeness (QED) is 0.695. The van der Waals surface area contributed by atoms with Gasteiger partial charge in [-0.05, 0) is 27.7 Å². The highest BCUT2D eigenvalue weighted by Gasteiger charge is 2.17. The molecule has 0 aliphatic carbocycles. The average Bonchev–Trinajstić information content (AvgIpc) is 2.74. The third-order valence-electron chi connectivity index (χ3n) is 2.56. The van der Waals surface area contributed by atoms with Gasteiger partial charge in [0.25, 0.3) is 0 Å². The van der Waals surface area contributed by atoms with Crippen LogP contribution >= 0.6 is 0 Å². The minimum atomic E-state index is -0.488. The molecule has 3 N–H and O–H groups in total. The van der Waals surface area contributed by atoms with E-state index in [-0.39, 0.29) is 12.6 Å². The normalized spacial score (nSPS) is 13.0. The van der Waals surface area contributed by atoms with Gasteiger partial charge in [0, 0.05) is 30.9 Å². The monoisotopic (exact) mass is 298 g/mol. The lowest BCUT2D eigenvalue weighted by Crippen LogP contribution is -2.42.